The van der Waals surface area contributed by atoms with Crippen molar-refractivity contribution in [3.05, 3.63) is 35.9 Å². The fraction of sp³-hybridized carbons (Fsp3) is 0.562. The van der Waals surface area contributed by atoms with E-state index in [1.807, 2.05) is 18.2 Å². The van der Waals surface area contributed by atoms with Gasteiger partial charge >= 0.3 is 5.97 Å². The topological polar surface area (TPSA) is 49.8 Å². The van der Waals surface area contributed by atoms with Crippen LogP contribution >= 0.6 is 0 Å². The molecule has 0 aromatic heterocycles. The molecule has 0 saturated carbocycles. The molecule has 2 fully saturated rings. The number of aliphatic hydroxyl groups excluding tert-OH is 1. The van der Waals surface area contributed by atoms with Crippen LogP contribution in [0.4, 0.5) is 0 Å². The number of nitrogens with zero attached hydrogens (tertiary/aromatic N) is 1. The normalized spacial score (nSPS) is 30.1. The average molecular weight is 275 g/mol. The molecular formula is C16H21NO3. The minimum Gasteiger partial charge on any atom is -0.464 e. The van der Waals surface area contributed by atoms with E-state index in [4.69, 9.17) is 4.74 Å². The van der Waals surface area contributed by atoms with Gasteiger partial charge in [0.1, 0.15) is 5.54 Å². The molecule has 0 unspecified atom stereocenters. The summed E-state index contributed by atoms with van der Waals surface area (Å²) in [6.07, 6.45) is 3.31. The molecule has 0 aliphatic carbocycles. The second-order valence-electron chi connectivity index (χ2n) is 5.74. The van der Waals surface area contributed by atoms with Crippen LogP contribution in [0.25, 0.3) is 0 Å². The minimum absolute atomic E-state index is 0.0751. The minimum atomic E-state index is -0.449. The van der Waals surface area contributed by atoms with Crippen LogP contribution in [0.1, 0.15) is 31.2 Å². The summed E-state index contributed by atoms with van der Waals surface area (Å²) < 4.78 is 5.24. The van der Waals surface area contributed by atoms with Crippen LogP contribution in [0.3, 0.4) is 0 Å². The van der Waals surface area contributed by atoms with Crippen molar-refractivity contribution in [3.63, 3.8) is 0 Å². The number of carbonyl (C=O) groups excluding carboxylic acids is 1. The van der Waals surface area contributed by atoms with Gasteiger partial charge in [-0.1, -0.05) is 30.3 Å². The molecule has 2 atom stereocenters. The molecular weight excluding hydrogens is 254 g/mol. The molecule has 1 N–H and O–H groups in total. The Kier molecular flexibility index (Phi) is 3.76. The van der Waals surface area contributed by atoms with Gasteiger partial charge in [-0.2, -0.15) is 0 Å². The highest BCUT2D eigenvalue weighted by molar-refractivity contribution is 5.83. The van der Waals surface area contributed by atoms with Crippen LogP contribution in [-0.2, 0) is 16.1 Å². The number of likely N-dealkylation sites (tertiary alicyclic amines) is 1. The Balaban J connectivity index is 1.86. The molecule has 4 heteroatoms. The maximum Gasteiger partial charge on any atom is 0.326 e. The van der Waals surface area contributed by atoms with Crippen LogP contribution < -0.4 is 0 Å². The molecule has 0 amide bonds. The number of aliphatic hydroxyl groups is 1. The van der Waals surface area contributed by atoms with E-state index in [1.165, 1.54) is 5.56 Å². The molecule has 4 nitrogen and oxygen atoms in total. The maximum atomic E-state index is 12.2. The van der Waals surface area contributed by atoms with Gasteiger partial charge in [-0.25, -0.2) is 0 Å². The quantitative estimate of drug-likeness (QED) is 0.850. The monoisotopic (exact) mass is 275 g/mol. The van der Waals surface area contributed by atoms with E-state index in [-0.39, 0.29) is 18.6 Å². The second-order valence-corrected chi connectivity index (χ2v) is 5.74. The predicted octanol–water partition coefficient (Wildman–Crippen LogP) is 1.72. The van der Waals surface area contributed by atoms with Crippen LogP contribution in [-0.4, -0.2) is 40.8 Å². The van der Waals surface area contributed by atoms with Crippen molar-refractivity contribution in [3.8, 4) is 0 Å². The summed E-state index contributed by atoms with van der Waals surface area (Å²) in [6, 6.07) is 10.5. The molecule has 1 spiro atoms. The molecule has 108 valence electrons. The first kappa shape index (κ1) is 13.6. The largest absolute Gasteiger partial charge is 0.464 e. The third-order valence-corrected chi connectivity index (χ3v) is 4.67. The van der Waals surface area contributed by atoms with Crippen LogP contribution in [0.2, 0.25) is 0 Å². The van der Waals surface area contributed by atoms with E-state index in [9.17, 15) is 9.90 Å². The number of cyclic esters (lactones) is 1. The zero-order chi connectivity index (χ0) is 14.0. The van der Waals surface area contributed by atoms with Crippen molar-refractivity contribution in [2.45, 2.75) is 43.8 Å². The lowest BCUT2D eigenvalue weighted by atomic mass is 9.94. The molecule has 2 heterocycles. The Labute approximate surface area is 119 Å². The predicted molar refractivity (Wildman–Crippen MR) is 75.0 cm³/mol. The molecule has 2 aliphatic rings. The van der Waals surface area contributed by atoms with Gasteiger partial charge in [0.2, 0.25) is 0 Å². The summed E-state index contributed by atoms with van der Waals surface area (Å²) in [5, 5.41) is 9.26. The Hall–Kier alpha value is -1.39. The number of ether oxygens (including phenoxy) is 1. The highest BCUT2D eigenvalue weighted by Crippen LogP contribution is 2.42. The van der Waals surface area contributed by atoms with Crippen molar-refractivity contribution >= 4 is 5.97 Å². The molecule has 0 radical (unpaired) electrons. The Morgan fingerprint density at radius 1 is 1.30 bits per heavy atom. The average Bonchev–Trinajstić information content (AvgIpc) is 3.00. The van der Waals surface area contributed by atoms with Gasteiger partial charge in [0.15, 0.2) is 0 Å². The van der Waals surface area contributed by atoms with E-state index >= 15 is 0 Å². The van der Waals surface area contributed by atoms with Crippen LogP contribution in [0.5, 0.6) is 0 Å². The lowest BCUT2D eigenvalue weighted by molar-refractivity contribution is -0.147. The lowest BCUT2D eigenvalue weighted by Gasteiger charge is -2.35. The molecule has 1 aromatic rings. The number of hydrogen-bond acceptors (Lipinski definition) is 4. The van der Waals surface area contributed by atoms with Gasteiger partial charge in [-0.15, -0.1) is 0 Å². The van der Waals surface area contributed by atoms with Crippen molar-refractivity contribution in [2.24, 2.45) is 0 Å². The van der Waals surface area contributed by atoms with E-state index in [0.717, 1.165) is 32.2 Å². The van der Waals surface area contributed by atoms with Crippen molar-refractivity contribution < 1.29 is 14.6 Å². The lowest BCUT2D eigenvalue weighted by Crippen LogP contribution is -2.50. The highest BCUT2D eigenvalue weighted by Gasteiger charge is 2.54. The number of carbonyl (C=O) groups is 1. The molecule has 2 aliphatic heterocycles. The smallest absolute Gasteiger partial charge is 0.326 e. The molecule has 1 aromatic carbocycles. The van der Waals surface area contributed by atoms with E-state index in [0.29, 0.717) is 6.61 Å². The second kappa shape index (κ2) is 5.54. The summed E-state index contributed by atoms with van der Waals surface area (Å²) in [5.41, 5.74) is 0.756. The molecule has 2 saturated heterocycles. The van der Waals surface area contributed by atoms with E-state index in [1.54, 1.807) is 0 Å². The first-order valence-electron chi connectivity index (χ1n) is 7.35. The Morgan fingerprint density at radius 3 is 2.75 bits per heavy atom. The molecule has 3 rings (SSSR count). The number of esters is 1. The fourth-order valence-electron chi connectivity index (χ4n) is 3.60. The van der Waals surface area contributed by atoms with Crippen molar-refractivity contribution in [1.29, 1.82) is 0 Å². The van der Waals surface area contributed by atoms with Gasteiger partial charge in [0, 0.05) is 25.6 Å². The zero-order valence-electron chi connectivity index (χ0n) is 11.6. The van der Waals surface area contributed by atoms with Crippen molar-refractivity contribution in [2.75, 3.05) is 13.2 Å². The number of hydrogen-bond donors (Lipinski definition) is 1. The summed E-state index contributed by atoms with van der Waals surface area (Å²) in [5.74, 6) is -0.0751. The van der Waals surface area contributed by atoms with Gasteiger partial charge < -0.3 is 9.84 Å². The summed E-state index contributed by atoms with van der Waals surface area (Å²) in [6.45, 7) is 1.44. The Bertz CT molecular complexity index is 476. The summed E-state index contributed by atoms with van der Waals surface area (Å²) >= 11 is 0. The Morgan fingerprint density at radius 2 is 2.10 bits per heavy atom. The first-order chi connectivity index (χ1) is 9.76. The summed E-state index contributed by atoms with van der Waals surface area (Å²) in [4.78, 5) is 14.5. The standard InChI is InChI=1S/C16H21NO3/c18-10-7-14-6-8-16(9-11-20-15(16)19)17(14)12-13-4-2-1-3-5-13/h1-5,14,18H,6-12H2/t14-,16-/m0/s1. The molecule has 20 heavy (non-hydrogen) atoms. The van der Waals surface area contributed by atoms with E-state index in [2.05, 4.69) is 17.0 Å². The highest BCUT2D eigenvalue weighted by atomic mass is 16.5. The SMILES string of the molecule is O=C1OCC[C@@]12CC[C@@H](CCO)N2Cc1ccccc1. The van der Waals surface area contributed by atoms with Crippen LogP contribution in [0, 0.1) is 0 Å². The van der Waals surface area contributed by atoms with Gasteiger partial charge in [-0.3, -0.25) is 9.69 Å². The summed E-state index contributed by atoms with van der Waals surface area (Å²) in [7, 11) is 0. The third-order valence-electron chi connectivity index (χ3n) is 4.67. The van der Waals surface area contributed by atoms with Gasteiger partial charge in [-0.05, 0) is 24.8 Å². The maximum absolute atomic E-state index is 12.2. The van der Waals surface area contributed by atoms with Crippen LogP contribution in [0.15, 0.2) is 30.3 Å². The number of benzene rings is 1. The molecule has 0 bridgehead atoms. The van der Waals surface area contributed by atoms with Gasteiger partial charge in [0.25, 0.3) is 0 Å². The fourth-order valence-corrected chi connectivity index (χ4v) is 3.60. The zero-order valence-corrected chi connectivity index (χ0v) is 11.6. The first-order valence-corrected chi connectivity index (χ1v) is 7.35. The van der Waals surface area contributed by atoms with E-state index < -0.39 is 5.54 Å². The number of rotatable bonds is 4. The van der Waals surface area contributed by atoms with Crippen molar-refractivity contribution in [1.82, 2.24) is 4.90 Å². The third kappa shape index (κ3) is 2.23. The van der Waals surface area contributed by atoms with Gasteiger partial charge in [0.05, 0.1) is 6.61 Å².